The van der Waals surface area contributed by atoms with Crippen molar-refractivity contribution in [2.45, 2.75) is 57.6 Å². The molecule has 0 bridgehead atoms. The van der Waals surface area contributed by atoms with E-state index in [-0.39, 0.29) is 29.7 Å². The molecule has 40 heavy (non-hydrogen) atoms. The zero-order valence-corrected chi connectivity index (χ0v) is 24.3. The van der Waals surface area contributed by atoms with Crippen LogP contribution in [0, 0.1) is 23.7 Å². The fourth-order valence-electron chi connectivity index (χ4n) is 6.39. The van der Waals surface area contributed by atoms with Gasteiger partial charge in [-0.2, -0.15) is 0 Å². The minimum absolute atomic E-state index is 0.0667. The van der Waals surface area contributed by atoms with Gasteiger partial charge in [0.2, 0.25) is 5.78 Å². The average molecular weight is 551 g/mol. The number of carbonyl (C=O) groups is 3. The third-order valence-electron chi connectivity index (χ3n) is 8.25. The minimum atomic E-state index is -2.59. The van der Waals surface area contributed by atoms with Crippen LogP contribution in [0.1, 0.15) is 56.4 Å². The largest absolute Gasteiger partial charge is 0.508 e. The lowest BCUT2D eigenvalue weighted by Gasteiger charge is -2.50. The van der Waals surface area contributed by atoms with Gasteiger partial charge in [-0.15, -0.1) is 0 Å². The van der Waals surface area contributed by atoms with Gasteiger partial charge in [-0.3, -0.25) is 24.2 Å². The van der Waals surface area contributed by atoms with Gasteiger partial charge in [0.25, 0.3) is 0 Å². The summed E-state index contributed by atoms with van der Waals surface area (Å²) in [5, 5.41) is 45.9. The van der Waals surface area contributed by atoms with Gasteiger partial charge in [0.1, 0.15) is 22.8 Å². The maximum atomic E-state index is 14.1. The Bertz CT molecular complexity index is 1450. The van der Waals surface area contributed by atoms with Gasteiger partial charge in [0.15, 0.2) is 17.2 Å². The number of aliphatic hydroxyl groups excluding tert-OH is 2. The van der Waals surface area contributed by atoms with Crippen molar-refractivity contribution in [3.63, 3.8) is 0 Å². The second-order valence-electron chi connectivity index (χ2n) is 12.6. The molecule has 0 aliphatic heterocycles. The highest BCUT2D eigenvalue weighted by molar-refractivity contribution is 6.25. The van der Waals surface area contributed by atoms with Crippen molar-refractivity contribution >= 4 is 23.1 Å². The number of benzene rings is 1. The number of rotatable bonds is 3. The van der Waals surface area contributed by atoms with E-state index in [0.717, 1.165) is 6.92 Å². The van der Waals surface area contributed by atoms with Gasteiger partial charge in [0.05, 0.1) is 18.2 Å². The number of phenolic OH excluding ortho intramolecular Hbond substituents is 1. The maximum Gasteiger partial charge on any atom is 0.202 e. The number of aromatic hydroxyl groups is 1. The van der Waals surface area contributed by atoms with E-state index in [2.05, 4.69) is 11.8 Å². The zero-order chi connectivity index (χ0) is 30.1. The van der Waals surface area contributed by atoms with E-state index < -0.39 is 63.3 Å². The number of aliphatic hydroxyl groups is 3. The van der Waals surface area contributed by atoms with Crippen LogP contribution in [0.5, 0.6) is 5.75 Å². The molecule has 1 saturated carbocycles. The van der Waals surface area contributed by atoms with E-state index in [1.807, 2.05) is 45.8 Å². The lowest BCUT2D eigenvalue weighted by molar-refractivity contribution is -0.153. The Labute approximate surface area is 234 Å². The molecular weight excluding hydrogens is 512 g/mol. The summed E-state index contributed by atoms with van der Waals surface area (Å²) in [6.07, 6.45) is 0.284. The van der Waals surface area contributed by atoms with Gasteiger partial charge in [0, 0.05) is 22.6 Å². The van der Waals surface area contributed by atoms with E-state index in [1.165, 1.54) is 4.90 Å². The molecule has 9 heteroatoms. The highest BCUT2D eigenvalue weighted by atomic mass is 16.3. The van der Waals surface area contributed by atoms with Crippen molar-refractivity contribution in [3.8, 4) is 17.6 Å². The van der Waals surface area contributed by atoms with Crippen LogP contribution >= 0.6 is 0 Å². The van der Waals surface area contributed by atoms with Crippen LogP contribution in [0.15, 0.2) is 23.0 Å². The fourth-order valence-corrected chi connectivity index (χ4v) is 6.39. The number of ketones is 3. The topological polar surface area (TPSA) is 139 Å². The summed E-state index contributed by atoms with van der Waals surface area (Å²) >= 11 is 0. The summed E-state index contributed by atoms with van der Waals surface area (Å²) in [6, 6.07) is 0.765. The number of nitrogens with zero attached hydrogens (tertiary/aromatic N) is 2. The average Bonchev–Trinajstić information content (AvgIpc) is 2.81. The molecule has 0 heterocycles. The van der Waals surface area contributed by atoms with Crippen molar-refractivity contribution in [1.82, 2.24) is 9.80 Å². The molecule has 3 aliphatic carbocycles. The molecule has 1 aromatic rings. The van der Waals surface area contributed by atoms with Crippen LogP contribution in [0.2, 0.25) is 0 Å². The molecule has 9 nitrogen and oxygen atoms in total. The Balaban J connectivity index is 2.01. The van der Waals surface area contributed by atoms with Crippen LogP contribution in [0.25, 0.3) is 5.76 Å². The van der Waals surface area contributed by atoms with Gasteiger partial charge in [-0.25, -0.2) is 0 Å². The Morgan fingerprint density at radius 3 is 2.27 bits per heavy atom. The van der Waals surface area contributed by atoms with Crippen LogP contribution in [-0.2, 0) is 26.2 Å². The van der Waals surface area contributed by atoms with E-state index in [1.54, 1.807) is 14.1 Å². The van der Waals surface area contributed by atoms with Crippen molar-refractivity contribution < 1.29 is 34.8 Å². The molecule has 4 rings (SSSR count). The Morgan fingerprint density at radius 2 is 1.75 bits per heavy atom. The highest BCUT2D eigenvalue weighted by Crippen LogP contribution is 2.54. The summed E-state index contributed by atoms with van der Waals surface area (Å²) in [5.41, 5.74) is -2.07. The van der Waals surface area contributed by atoms with Crippen LogP contribution in [-0.4, -0.2) is 94.0 Å². The lowest BCUT2D eigenvalue weighted by Crippen LogP contribution is -2.65. The lowest BCUT2D eigenvalue weighted by atomic mass is 9.57. The molecule has 1 fully saturated rings. The number of likely N-dealkylation sites (N-methyl/N-ethyl adjacent to an activating group) is 1. The first kappa shape index (κ1) is 29.5. The number of hydrogen-bond donors (Lipinski definition) is 4. The molecule has 3 aliphatic rings. The molecule has 214 valence electrons. The first-order chi connectivity index (χ1) is 18.4. The Kier molecular flexibility index (Phi) is 7.29. The maximum absolute atomic E-state index is 14.1. The molecule has 4 atom stereocenters. The predicted octanol–water partition coefficient (Wildman–Crippen LogP) is 2.28. The van der Waals surface area contributed by atoms with E-state index in [4.69, 9.17) is 0 Å². The minimum Gasteiger partial charge on any atom is -0.508 e. The van der Waals surface area contributed by atoms with Crippen LogP contribution < -0.4 is 0 Å². The third kappa shape index (κ3) is 4.35. The summed E-state index contributed by atoms with van der Waals surface area (Å²) < 4.78 is 0. The van der Waals surface area contributed by atoms with Crippen molar-refractivity contribution in [2.24, 2.45) is 11.8 Å². The third-order valence-corrected chi connectivity index (χ3v) is 8.25. The van der Waals surface area contributed by atoms with Gasteiger partial charge >= 0.3 is 0 Å². The standard InChI is InChI=1S/C31H38N2O7/c1-15(34)21-27(37)24(33(7)8)19-14-17-12-18-16(10-9-11-32(5)6)13-20(30(2,3)4)25(35)23(18)26(36)22(17)29(39)31(19,40)28(21)38/h13,17,19,24,35-36,38,40H,11-12,14H2,1-8H3/t17-,19-,24-,31+/m0/s1. The molecule has 0 amide bonds. The van der Waals surface area contributed by atoms with Gasteiger partial charge < -0.3 is 20.4 Å². The monoisotopic (exact) mass is 550 g/mol. The first-order valence-corrected chi connectivity index (χ1v) is 13.3. The second kappa shape index (κ2) is 9.88. The highest BCUT2D eigenvalue weighted by Gasteiger charge is 2.64. The summed E-state index contributed by atoms with van der Waals surface area (Å²) in [7, 11) is 7.00. The summed E-state index contributed by atoms with van der Waals surface area (Å²) in [5.74, 6) is 0.541. The van der Waals surface area contributed by atoms with Crippen molar-refractivity contribution in [2.75, 3.05) is 34.7 Å². The Hall–Kier alpha value is -3.45. The fraction of sp³-hybridized carbons (Fsp3) is 0.516. The van der Waals surface area contributed by atoms with E-state index >= 15 is 0 Å². The number of Topliss-reactive ketones (excluding diaryl/α,β-unsaturated/α-hetero) is 3. The summed E-state index contributed by atoms with van der Waals surface area (Å²) in [4.78, 5) is 43.2. The molecule has 4 N–H and O–H groups in total. The smallest absolute Gasteiger partial charge is 0.202 e. The Morgan fingerprint density at radius 1 is 1.12 bits per heavy atom. The SMILES string of the molecule is CC(=O)C1=C(O)[C@@]2(O)C(=O)C3=C(O)c4c(O)c(C(C)(C)C)cc(C#CCN(C)C)c4C[C@H]3C[C@H]2[C@H](N(C)C)C1=O. The number of phenols is 1. The van der Waals surface area contributed by atoms with E-state index in [9.17, 15) is 34.8 Å². The molecule has 0 saturated heterocycles. The molecule has 0 unspecified atom stereocenters. The quantitative estimate of drug-likeness (QED) is 0.330. The van der Waals surface area contributed by atoms with Gasteiger partial charge in [-0.1, -0.05) is 32.6 Å². The van der Waals surface area contributed by atoms with Gasteiger partial charge in [-0.05, 0) is 70.9 Å². The van der Waals surface area contributed by atoms with Crippen molar-refractivity contribution in [3.05, 3.63) is 45.2 Å². The molecule has 0 radical (unpaired) electrons. The molecule has 1 aromatic carbocycles. The normalized spacial score (nSPS) is 26.4. The summed E-state index contributed by atoms with van der Waals surface area (Å²) in [6.45, 7) is 7.31. The van der Waals surface area contributed by atoms with Crippen molar-refractivity contribution in [1.29, 1.82) is 0 Å². The number of hydrogen-bond acceptors (Lipinski definition) is 9. The molecular formula is C31H38N2O7. The van der Waals surface area contributed by atoms with Crippen LogP contribution in [0.4, 0.5) is 0 Å². The predicted molar refractivity (Wildman–Crippen MR) is 150 cm³/mol. The first-order valence-electron chi connectivity index (χ1n) is 13.3. The van der Waals surface area contributed by atoms with E-state index in [0.29, 0.717) is 23.2 Å². The second-order valence-corrected chi connectivity index (χ2v) is 12.6. The van der Waals surface area contributed by atoms with Crippen LogP contribution in [0.3, 0.4) is 0 Å². The molecule has 0 aromatic heterocycles. The zero-order valence-electron chi connectivity index (χ0n) is 24.3. The number of carbonyl (C=O) groups excluding carboxylic acids is 3. The molecule has 0 spiro atoms. The number of fused-ring (bicyclic) bond motifs is 3.